The Morgan fingerprint density at radius 3 is 0.872 bits per heavy atom. The Hall–Kier alpha value is -10.6. The molecular formula is C72H48N6. The van der Waals surface area contributed by atoms with Gasteiger partial charge in [0.2, 0.25) is 0 Å². The average Bonchev–Trinajstić information content (AvgIpc) is 4.11. The average molecular weight is 997 g/mol. The van der Waals surface area contributed by atoms with Gasteiger partial charge in [0.25, 0.3) is 0 Å². The molecule has 0 fully saturated rings. The number of benzene rings is 12. The van der Waals surface area contributed by atoms with Crippen LogP contribution in [-0.2, 0) is 0 Å². The summed E-state index contributed by atoms with van der Waals surface area (Å²) in [5, 5.41) is 9.69. The van der Waals surface area contributed by atoms with Crippen LogP contribution in [0.3, 0.4) is 0 Å². The summed E-state index contributed by atoms with van der Waals surface area (Å²) in [4.78, 5) is 14.7. The van der Waals surface area contributed by atoms with Crippen molar-refractivity contribution in [2.24, 2.45) is 0 Å². The predicted molar refractivity (Wildman–Crippen MR) is 326 cm³/mol. The fourth-order valence-corrected chi connectivity index (χ4v) is 11.9. The Morgan fingerprint density at radius 2 is 0.526 bits per heavy atom. The van der Waals surface area contributed by atoms with E-state index in [2.05, 4.69) is 298 Å². The largest absolute Gasteiger partial charge is 0.310 e. The van der Waals surface area contributed by atoms with Crippen LogP contribution in [0.25, 0.3) is 99.0 Å². The fraction of sp³-hybridized carbons (Fsp3) is 0. The van der Waals surface area contributed by atoms with Gasteiger partial charge in [-0.25, -0.2) is 0 Å². The summed E-state index contributed by atoms with van der Waals surface area (Å²) in [5.74, 6) is 0. The maximum absolute atomic E-state index is 5.00. The van der Waals surface area contributed by atoms with Crippen molar-refractivity contribution in [3.8, 4) is 33.9 Å². The van der Waals surface area contributed by atoms with Crippen LogP contribution < -0.4 is 9.80 Å². The zero-order chi connectivity index (χ0) is 51.5. The van der Waals surface area contributed by atoms with E-state index in [9.17, 15) is 0 Å². The van der Waals surface area contributed by atoms with Crippen LogP contribution >= 0.6 is 0 Å². The Bertz CT molecular complexity index is 4310. The molecule has 3 aromatic heterocycles. The number of hydrogen-bond acceptors (Lipinski definition) is 4. The molecule has 0 bridgehead atoms. The molecule has 6 nitrogen and oxygen atoms in total. The molecule has 15 rings (SSSR count). The molecule has 0 atom stereocenters. The van der Waals surface area contributed by atoms with Crippen molar-refractivity contribution in [3.05, 3.63) is 291 Å². The summed E-state index contributed by atoms with van der Waals surface area (Å²) >= 11 is 0. The Balaban J connectivity index is 0.785. The Morgan fingerprint density at radius 1 is 0.244 bits per heavy atom. The second-order valence-electron chi connectivity index (χ2n) is 19.8. The molecule has 0 aliphatic carbocycles. The minimum Gasteiger partial charge on any atom is -0.310 e. The van der Waals surface area contributed by atoms with E-state index in [1.54, 1.807) is 12.4 Å². The predicted octanol–water partition coefficient (Wildman–Crippen LogP) is 19.3. The van der Waals surface area contributed by atoms with Crippen molar-refractivity contribution in [1.29, 1.82) is 0 Å². The molecule has 0 aliphatic heterocycles. The summed E-state index contributed by atoms with van der Waals surface area (Å²) in [6.07, 6.45) is 3.57. The molecule has 0 spiro atoms. The van der Waals surface area contributed by atoms with Gasteiger partial charge in [0.15, 0.2) is 0 Å². The minimum absolute atomic E-state index is 0.815. The minimum atomic E-state index is 0.815. The molecule has 12 aromatic carbocycles. The first-order valence-electron chi connectivity index (χ1n) is 26.5. The summed E-state index contributed by atoms with van der Waals surface area (Å²) in [6, 6.07) is 100. The van der Waals surface area contributed by atoms with Crippen LogP contribution in [0, 0.1) is 0 Å². The van der Waals surface area contributed by atoms with Crippen LogP contribution in [0.2, 0.25) is 0 Å². The number of nitrogens with zero attached hydrogens (tertiary/aromatic N) is 6. The van der Waals surface area contributed by atoms with E-state index in [-0.39, 0.29) is 0 Å². The van der Waals surface area contributed by atoms with Gasteiger partial charge in [0.1, 0.15) is 0 Å². The summed E-state index contributed by atoms with van der Waals surface area (Å²) in [5.41, 5.74) is 16.9. The maximum atomic E-state index is 5.00. The first kappa shape index (κ1) is 44.9. The fourth-order valence-electron chi connectivity index (χ4n) is 11.9. The third-order valence-corrected chi connectivity index (χ3v) is 15.4. The quantitative estimate of drug-likeness (QED) is 0.137. The first-order chi connectivity index (χ1) is 38.7. The zero-order valence-corrected chi connectivity index (χ0v) is 42.4. The van der Waals surface area contributed by atoms with Gasteiger partial charge < -0.3 is 18.9 Å². The molecular weight excluding hydrogens is 949 g/mol. The second-order valence-corrected chi connectivity index (χ2v) is 19.8. The highest BCUT2D eigenvalue weighted by Gasteiger charge is 2.21. The first-order valence-corrected chi connectivity index (χ1v) is 26.5. The van der Waals surface area contributed by atoms with Crippen LogP contribution in [0.15, 0.2) is 291 Å². The van der Waals surface area contributed by atoms with Gasteiger partial charge in [-0.05, 0) is 120 Å². The van der Waals surface area contributed by atoms with Gasteiger partial charge in [-0.2, -0.15) is 0 Å². The van der Waals surface area contributed by atoms with E-state index >= 15 is 0 Å². The van der Waals surface area contributed by atoms with Gasteiger partial charge in [0, 0.05) is 90.0 Å². The normalized spacial score (nSPS) is 11.6. The molecule has 15 aromatic rings. The zero-order valence-electron chi connectivity index (χ0n) is 42.4. The number of para-hydroxylation sites is 4. The lowest BCUT2D eigenvalue weighted by Gasteiger charge is -2.27. The SMILES string of the molecule is c1ccc2c(N(c3ccc(-c4nccnc4-c4ccc(N(c5ccc(-n6c7ccccc7c7ccccc76)cc5)c5cccc6ccccc56)cc4)cc3)c3ccc(-n4c5ccccc5c5ccccc54)cc3)cccc2c1. The van der Waals surface area contributed by atoms with E-state index in [1.165, 1.54) is 65.2 Å². The van der Waals surface area contributed by atoms with Gasteiger partial charge in [-0.3, -0.25) is 9.97 Å². The molecule has 0 amide bonds. The van der Waals surface area contributed by atoms with Gasteiger partial charge in [-0.1, -0.05) is 170 Å². The van der Waals surface area contributed by atoms with E-state index in [4.69, 9.17) is 9.97 Å². The molecule has 78 heavy (non-hydrogen) atoms. The lowest BCUT2D eigenvalue weighted by Crippen LogP contribution is -2.11. The van der Waals surface area contributed by atoms with Crippen LogP contribution in [0.5, 0.6) is 0 Å². The Kier molecular flexibility index (Phi) is 10.7. The molecule has 0 saturated carbocycles. The van der Waals surface area contributed by atoms with Crippen LogP contribution in [0.1, 0.15) is 0 Å². The van der Waals surface area contributed by atoms with Crippen molar-refractivity contribution < 1.29 is 0 Å². The molecule has 0 unspecified atom stereocenters. The summed E-state index contributed by atoms with van der Waals surface area (Å²) in [7, 11) is 0. The van der Waals surface area contributed by atoms with E-state index in [0.29, 0.717) is 0 Å². The van der Waals surface area contributed by atoms with Crippen molar-refractivity contribution >= 4 is 99.3 Å². The highest BCUT2D eigenvalue weighted by Crippen LogP contribution is 2.44. The summed E-state index contributed by atoms with van der Waals surface area (Å²) < 4.78 is 4.73. The number of aromatic nitrogens is 4. The molecule has 3 heterocycles. The van der Waals surface area contributed by atoms with Gasteiger partial charge in [0.05, 0.1) is 44.8 Å². The topological polar surface area (TPSA) is 42.1 Å². The molecule has 6 heteroatoms. The monoisotopic (exact) mass is 996 g/mol. The molecule has 0 aliphatic rings. The van der Waals surface area contributed by atoms with Crippen molar-refractivity contribution in [2.45, 2.75) is 0 Å². The Labute approximate surface area is 451 Å². The lowest BCUT2D eigenvalue weighted by molar-refractivity contribution is 1.17. The van der Waals surface area contributed by atoms with Crippen LogP contribution in [-0.4, -0.2) is 19.1 Å². The molecule has 0 N–H and O–H groups in total. The highest BCUT2D eigenvalue weighted by atomic mass is 15.2. The number of rotatable bonds is 10. The van der Waals surface area contributed by atoms with Gasteiger partial charge >= 0.3 is 0 Å². The molecule has 0 saturated heterocycles. The third kappa shape index (κ3) is 7.49. The van der Waals surface area contributed by atoms with E-state index in [1.807, 2.05) is 0 Å². The van der Waals surface area contributed by atoms with Crippen molar-refractivity contribution in [1.82, 2.24) is 19.1 Å². The third-order valence-electron chi connectivity index (χ3n) is 15.4. The van der Waals surface area contributed by atoms with Gasteiger partial charge in [-0.15, -0.1) is 0 Å². The second kappa shape index (κ2) is 18.7. The van der Waals surface area contributed by atoms with Crippen molar-refractivity contribution in [3.63, 3.8) is 0 Å². The van der Waals surface area contributed by atoms with Crippen LogP contribution in [0.4, 0.5) is 34.1 Å². The molecule has 366 valence electrons. The number of anilines is 6. The smallest absolute Gasteiger partial charge is 0.0965 e. The van der Waals surface area contributed by atoms with E-state index in [0.717, 1.165) is 68.0 Å². The number of hydrogen-bond donors (Lipinski definition) is 0. The summed E-state index contributed by atoms with van der Waals surface area (Å²) in [6.45, 7) is 0. The number of fused-ring (bicyclic) bond motifs is 8. The maximum Gasteiger partial charge on any atom is 0.0965 e. The lowest BCUT2D eigenvalue weighted by atomic mass is 10.0. The van der Waals surface area contributed by atoms with E-state index < -0.39 is 0 Å². The molecule has 0 radical (unpaired) electrons. The standard InChI is InChI=1S/C72H48N6/c1-3-19-59-49(15-1)17-13-29-65(59)75(55-39-43-57(44-40-55)77-67-25-9-5-21-61(67)62-22-6-10-26-68(62)77)53-35-31-51(32-36-53)71-72(74-48-47-73-71)52-33-37-54(38-34-52)76(66-30-14-18-50-16-2-4-20-60(50)66)56-41-45-58(46-42-56)78-69-27-11-7-23-63(69)64-24-8-12-28-70(64)78/h1-48H. The highest BCUT2D eigenvalue weighted by molar-refractivity contribution is 6.10. The van der Waals surface area contributed by atoms with Crippen molar-refractivity contribution in [2.75, 3.05) is 9.80 Å².